The van der Waals surface area contributed by atoms with Gasteiger partial charge >= 0.3 is 0 Å². The average Bonchev–Trinajstić information content (AvgIpc) is 3.16. The first-order valence-electron chi connectivity index (χ1n) is 8.69. The first kappa shape index (κ1) is 17.7. The van der Waals surface area contributed by atoms with Crippen molar-refractivity contribution in [3.8, 4) is 5.82 Å². The Kier molecular flexibility index (Phi) is 5.07. The van der Waals surface area contributed by atoms with E-state index < -0.39 is 0 Å². The van der Waals surface area contributed by atoms with E-state index in [0.717, 1.165) is 46.2 Å². The van der Waals surface area contributed by atoms with Crippen molar-refractivity contribution >= 4 is 17.7 Å². The van der Waals surface area contributed by atoms with Crippen molar-refractivity contribution in [2.75, 3.05) is 5.32 Å². The summed E-state index contributed by atoms with van der Waals surface area (Å²) in [7, 11) is 0. The van der Waals surface area contributed by atoms with E-state index in [4.69, 9.17) is 4.52 Å². The lowest BCUT2D eigenvalue weighted by Gasteiger charge is -2.07. The highest BCUT2D eigenvalue weighted by molar-refractivity contribution is 6.02. The van der Waals surface area contributed by atoms with Crippen molar-refractivity contribution in [1.82, 2.24) is 9.72 Å². The van der Waals surface area contributed by atoms with Gasteiger partial charge in [-0.15, -0.1) is 0 Å². The minimum Gasteiger partial charge on any atom is -0.360 e. The highest BCUT2D eigenvalue weighted by Crippen LogP contribution is 2.22. The minimum atomic E-state index is -0.145. The third-order valence-corrected chi connectivity index (χ3v) is 4.39. The van der Waals surface area contributed by atoms with Gasteiger partial charge in [0.15, 0.2) is 5.82 Å². The Morgan fingerprint density at radius 1 is 1.23 bits per heavy atom. The second kappa shape index (κ2) is 7.44. The Balaban J connectivity index is 1.79. The Labute approximate surface area is 153 Å². The van der Waals surface area contributed by atoms with E-state index in [-0.39, 0.29) is 5.91 Å². The molecule has 2 heterocycles. The summed E-state index contributed by atoms with van der Waals surface area (Å²) < 4.78 is 7.19. The van der Waals surface area contributed by atoms with Crippen molar-refractivity contribution < 1.29 is 9.32 Å². The number of para-hydroxylation sites is 1. The van der Waals surface area contributed by atoms with Gasteiger partial charge in [-0.2, -0.15) is 0 Å². The summed E-state index contributed by atoms with van der Waals surface area (Å²) in [5, 5.41) is 7.02. The highest BCUT2D eigenvalue weighted by Gasteiger charge is 2.12. The first-order valence-corrected chi connectivity index (χ1v) is 8.69. The van der Waals surface area contributed by atoms with Gasteiger partial charge in [0.05, 0.1) is 0 Å². The number of rotatable bonds is 5. The van der Waals surface area contributed by atoms with E-state index in [9.17, 15) is 4.79 Å². The molecule has 0 bridgehead atoms. The molecule has 0 aliphatic carbocycles. The van der Waals surface area contributed by atoms with Crippen LogP contribution in [-0.2, 0) is 11.2 Å². The number of hydrogen-bond donors (Lipinski definition) is 1. The molecule has 0 saturated carbocycles. The molecule has 1 N–H and O–H groups in total. The van der Waals surface area contributed by atoms with Crippen LogP contribution >= 0.6 is 0 Å². The van der Waals surface area contributed by atoms with E-state index >= 15 is 0 Å². The van der Waals surface area contributed by atoms with E-state index in [1.165, 1.54) is 0 Å². The molecule has 0 aliphatic heterocycles. The van der Waals surface area contributed by atoms with Crippen LogP contribution in [0.4, 0.5) is 5.69 Å². The Bertz CT molecular complexity index is 964. The number of aryl methyl sites for hydroxylation is 3. The van der Waals surface area contributed by atoms with Crippen molar-refractivity contribution in [1.29, 1.82) is 0 Å². The van der Waals surface area contributed by atoms with Gasteiger partial charge in [-0.25, -0.2) is 0 Å². The largest absolute Gasteiger partial charge is 0.360 e. The van der Waals surface area contributed by atoms with Crippen LogP contribution in [0.2, 0.25) is 0 Å². The topological polar surface area (TPSA) is 60.1 Å². The lowest BCUT2D eigenvalue weighted by Crippen LogP contribution is -2.09. The first-order chi connectivity index (χ1) is 12.5. The number of anilines is 1. The van der Waals surface area contributed by atoms with E-state index in [1.54, 1.807) is 6.08 Å². The molecule has 0 spiro atoms. The summed E-state index contributed by atoms with van der Waals surface area (Å²) in [5.41, 5.74) is 4.99. The summed E-state index contributed by atoms with van der Waals surface area (Å²) in [6.07, 6.45) is 4.26. The standard InChI is InChI=1S/C21H23N3O2/c1-5-17-8-6-7-9-19(17)22-21(25)11-10-18-12-14(2)24(16(18)4)20-13-15(3)26-23-20/h6-13H,5H2,1-4H3,(H,22,25)/b11-10+. The number of nitrogens with one attached hydrogen (secondary N) is 1. The third kappa shape index (κ3) is 3.61. The molecule has 134 valence electrons. The van der Waals surface area contributed by atoms with Crippen LogP contribution in [0.25, 0.3) is 11.9 Å². The van der Waals surface area contributed by atoms with Crippen molar-refractivity contribution in [2.24, 2.45) is 0 Å². The van der Waals surface area contributed by atoms with Crippen molar-refractivity contribution in [3.05, 3.63) is 70.7 Å². The van der Waals surface area contributed by atoms with Crippen LogP contribution in [0.5, 0.6) is 0 Å². The lowest BCUT2D eigenvalue weighted by molar-refractivity contribution is -0.111. The molecule has 0 saturated heterocycles. The van der Waals surface area contributed by atoms with Gasteiger partial charge in [0, 0.05) is 29.2 Å². The number of carbonyl (C=O) groups excluding carboxylic acids is 1. The molecule has 0 fully saturated rings. The fraction of sp³-hybridized carbons (Fsp3) is 0.238. The normalized spacial score (nSPS) is 11.2. The summed E-state index contributed by atoms with van der Waals surface area (Å²) in [4.78, 5) is 12.3. The SMILES string of the molecule is CCc1ccccc1NC(=O)/C=C/c1cc(C)n(-c2cc(C)on2)c1C. The van der Waals surface area contributed by atoms with Gasteiger partial charge < -0.3 is 9.84 Å². The summed E-state index contributed by atoms with van der Waals surface area (Å²) in [6.45, 7) is 7.94. The minimum absolute atomic E-state index is 0.145. The number of amides is 1. The highest BCUT2D eigenvalue weighted by atomic mass is 16.5. The molecule has 26 heavy (non-hydrogen) atoms. The molecule has 3 aromatic rings. The molecule has 1 amide bonds. The Hall–Kier alpha value is -3.08. The summed E-state index contributed by atoms with van der Waals surface area (Å²) >= 11 is 0. The number of carbonyl (C=O) groups is 1. The van der Waals surface area contributed by atoms with Crippen LogP contribution in [0.3, 0.4) is 0 Å². The van der Waals surface area contributed by atoms with Crippen LogP contribution < -0.4 is 5.32 Å². The second-order valence-corrected chi connectivity index (χ2v) is 6.29. The number of aromatic nitrogens is 2. The van der Waals surface area contributed by atoms with Crippen LogP contribution in [0, 0.1) is 20.8 Å². The fourth-order valence-corrected chi connectivity index (χ4v) is 3.06. The van der Waals surface area contributed by atoms with E-state index in [0.29, 0.717) is 0 Å². The maximum atomic E-state index is 12.3. The predicted molar refractivity (Wildman–Crippen MR) is 104 cm³/mol. The third-order valence-electron chi connectivity index (χ3n) is 4.39. The van der Waals surface area contributed by atoms with Gasteiger partial charge in [0.2, 0.25) is 5.91 Å². The molecule has 5 nitrogen and oxygen atoms in total. The lowest BCUT2D eigenvalue weighted by atomic mass is 10.1. The van der Waals surface area contributed by atoms with Crippen molar-refractivity contribution in [3.63, 3.8) is 0 Å². The zero-order valence-corrected chi connectivity index (χ0v) is 15.5. The monoisotopic (exact) mass is 349 g/mol. The van der Waals surface area contributed by atoms with Gasteiger partial charge in [-0.1, -0.05) is 30.3 Å². The molecule has 2 aromatic heterocycles. The molecular weight excluding hydrogens is 326 g/mol. The Morgan fingerprint density at radius 2 is 2.00 bits per heavy atom. The number of benzene rings is 1. The number of nitrogens with zero attached hydrogens (tertiary/aromatic N) is 2. The molecule has 3 rings (SSSR count). The smallest absolute Gasteiger partial charge is 0.248 e. The molecule has 0 radical (unpaired) electrons. The maximum Gasteiger partial charge on any atom is 0.248 e. The molecular formula is C21H23N3O2. The molecule has 0 aliphatic rings. The van der Waals surface area contributed by atoms with E-state index in [2.05, 4.69) is 17.4 Å². The van der Waals surface area contributed by atoms with Gasteiger partial charge in [-0.3, -0.25) is 9.36 Å². The molecule has 0 unspecified atom stereocenters. The number of hydrogen-bond acceptors (Lipinski definition) is 3. The van der Waals surface area contributed by atoms with E-state index in [1.807, 2.05) is 67.8 Å². The molecule has 1 aromatic carbocycles. The predicted octanol–water partition coefficient (Wildman–Crippen LogP) is 4.60. The van der Waals surface area contributed by atoms with Crippen molar-refractivity contribution in [2.45, 2.75) is 34.1 Å². The zero-order chi connectivity index (χ0) is 18.7. The van der Waals surface area contributed by atoms with Crippen LogP contribution in [0.15, 0.2) is 47.0 Å². The maximum absolute atomic E-state index is 12.3. The van der Waals surface area contributed by atoms with Gasteiger partial charge in [0.1, 0.15) is 5.76 Å². The summed E-state index contributed by atoms with van der Waals surface area (Å²) in [6, 6.07) is 11.8. The summed E-state index contributed by atoms with van der Waals surface area (Å²) in [5.74, 6) is 1.37. The second-order valence-electron chi connectivity index (χ2n) is 6.29. The Morgan fingerprint density at radius 3 is 2.69 bits per heavy atom. The molecule has 5 heteroatoms. The zero-order valence-electron chi connectivity index (χ0n) is 15.5. The fourth-order valence-electron chi connectivity index (χ4n) is 3.06. The molecule has 0 atom stereocenters. The van der Waals surface area contributed by atoms with Crippen LogP contribution in [0.1, 0.15) is 35.2 Å². The average molecular weight is 349 g/mol. The van der Waals surface area contributed by atoms with Gasteiger partial charge in [-0.05, 0) is 56.5 Å². The quantitative estimate of drug-likeness (QED) is 0.685. The van der Waals surface area contributed by atoms with Crippen LogP contribution in [-0.4, -0.2) is 15.6 Å². The van der Waals surface area contributed by atoms with Gasteiger partial charge in [0.25, 0.3) is 0 Å².